The molecule has 1 aromatic carbocycles. The van der Waals surface area contributed by atoms with Crippen LogP contribution in [0.25, 0.3) is 0 Å². The van der Waals surface area contributed by atoms with Gasteiger partial charge in [-0.1, -0.05) is 12.2 Å². The predicted octanol–water partition coefficient (Wildman–Crippen LogP) is 2.94. The van der Waals surface area contributed by atoms with E-state index in [1.807, 2.05) is 36.4 Å². The van der Waals surface area contributed by atoms with Crippen molar-refractivity contribution in [3.63, 3.8) is 0 Å². The number of anilines is 1. The number of furan rings is 1. The van der Waals surface area contributed by atoms with E-state index in [9.17, 15) is 0 Å². The van der Waals surface area contributed by atoms with E-state index in [1.165, 1.54) is 0 Å². The Morgan fingerprint density at radius 3 is 2.50 bits per heavy atom. The molecule has 0 saturated carbocycles. The topological polar surface area (TPSA) is 42.4 Å². The highest BCUT2D eigenvalue weighted by Crippen LogP contribution is 2.18. The van der Waals surface area contributed by atoms with Crippen molar-refractivity contribution in [3.8, 4) is 0 Å². The lowest BCUT2D eigenvalue weighted by molar-refractivity contribution is 0.503. The van der Waals surface area contributed by atoms with E-state index in [1.54, 1.807) is 6.26 Å². The van der Waals surface area contributed by atoms with Crippen LogP contribution in [0.5, 0.6) is 0 Å². The fourth-order valence-electron chi connectivity index (χ4n) is 1.81. The standard InChI is InChI=1S/C14H16N2OS/c1-2-16(10-13-4-3-9-17-13)12-7-5-11(6-8-12)14(15)18/h3-9H,2,10H2,1H3,(H2,15,18). The first-order valence-corrected chi connectivity index (χ1v) is 6.28. The van der Waals surface area contributed by atoms with Gasteiger partial charge in [0, 0.05) is 17.8 Å². The highest BCUT2D eigenvalue weighted by molar-refractivity contribution is 7.80. The minimum Gasteiger partial charge on any atom is -0.467 e. The maximum atomic E-state index is 5.58. The van der Waals surface area contributed by atoms with Gasteiger partial charge >= 0.3 is 0 Å². The maximum absolute atomic E-state index is 5.58. The highest BCUT2D eigenvalue weighted by atomic mass is 32.1. The van der Waals surface area contributed by atoms with Gasteiger partial charge in [0.2, 0.25) is 0 Å². The molecule has 0 saturated heterocycles. The van der Waals surface area contributed by atoms with Crippen molar-refractivity contribution < 1.29 is 4.42 Å². The van der Waals surface area contributed by atoms with Gasteiger partial charge in [-0.05, 0) is 43.3 Å². The summed E-state index contributed by atoms with van der Waals surface area (Å²) in [4.78, 5) is 2.65. The molecule has 2 aromatic rings. The number of thiocarbonyl (C=S) groups is 1. The number of benzene rings is 1. The molecule has 94 valence electrons. The monoisotopic (exact) mass is 260 g/mol. The predicted molar refractivity (Wildman–Crippen MR) is 77.8 cm³/mol. The van der Waals surface area contributed by atoms with Gasteiger partial charge in [-0.2, -0.15) is 0 Å². The third-order valence-corrected chi connectivity index (χ3v) is 3.06. The molecule has 0 aliphatic carbocycles. The normalized spacial score (nSPS) is 10.3. The molecule has 0 aliphatic rings. The Balaban J connectivity index is 2.14. The lowest BCUT2D eigenvalue weighted by Gasteiger charge is -2.22. The molecule has 0 atom stereocenters. The van der Waals surface area contributed by atoms with Gasteiger partial charge in [0.25, 0.3) is 0 Å². The molecular weight excluding hydrogens is 244 g/mol. The molecule has 0 spiro atoms. The molecule has 1 heterocycles. The molecule has 3 nitrogen and oxygen atoms in total. The Bertz CT molecular complexity index is 505. The number of nitrogens with zero attached hydrogens (tertiary/aromatic N) is 1. The van der Waals surface area contributed by atoms with E-state index >= 15 is 0 Å². The Morgan fingerprint density at radius 1 is 1.28 bits per heavy atom. The summed E-state index contributed by atoms with van der Waals surface area (Å²) < 4.78 is 5.37. The van der Waals surface area contributed by atoms with Crippen LogP contribution in [0.3, 0.4) is 0 Å². The van der Waals surface area contributed by atoms with Crippen LogP contribution in [0.4, 0.5) is 5.69 Å². The molecule has 18 heavy (non-hydrogen) atoms. The van der Waals surface area contributed by atoms with Gasteiger partial charge in [0.15, 0.2) is 0 Å². The lowest BCUT2D eigenvalue weighted by Crippen LogP contribution is -2.21. The molecule has 4 heteroatoms. The van der Waals surface area contributed by atoms with Gasteiger partial charge in [0.1, 0.15) is 10.7 Å². The van der Waals surface area contributed by atoms with E-state index in [4.69, 9.17) is 22.4 Å². The Morgan fingerprint density at radius 2 is 2.00 bits per heavy atom. The summed E-state index contributed by atoms with van der Waals surface area (Å²) in [6.45, 7) is 3.79. The summed E-state index contributed by atoms with van der Waals surface area (Å²) in [5.41, 5.74) is 7.61. The van der Waals surface area contributed by atoms with Gasteiger partial charge < -0.3 is 15.1 Å². The zero-order valence-corrected chi connectivity index (χ0v) is 11.1. The fraction of sp³-hybridized carbons (Fsp3) is 0.214. The molecule has 0 aliphatic heterocycles. The molecular formula is C14H16N2OS. The quantitative estimate of drug-likeness (QED) is 0.839. The number of rotatable bonds is 5. The molecule has 2 N–H and O–H groups in total. The lowest BCUT2D eigenvalue weighted by atomic mass is 10.2. The van der Waals surface area contributed by atoms with Crippen LogP contribution in [-0.4, -0.2) is 11.5 Å². The van der Waals surface area contributed by atoms with Gasteiger partial charge in [-0.25, -0.2) is 0 Å². The first-order valence-electron chi connectivity index (χ1n) is 5.88. The second-order valence-corrected chi connectivity index (χ2v) is 4.44. The summed E-state index contributed by atoms with van der Waals surface area (Å²) in [7, 11) is 0. The average Bonchev–Trinajstić information content (AvgIpc) is 2.89. The van der Waals surface area contributed by atoms with Crippen LogP contribution >= 0.6 is 12.2 Å². The molecule has 0 bridgehead atoms. The molecule has 2 rings (SSSR count). The summed E-state index contributed by atoms with van der Waals surface area (Å²) in [6, 6.07) is 11.8. The number of hydrogen-bond donors (Lipinski definition) is 1. The van der Waals surface area contributed by atoms with Gasteiger partial charge in [0.05, 0.1) is 12.8 Å². The minimum absolute atomic E-state index is 0.427. The Labute approximate surface area is 112 Å². The molecule has 1 aromatic heterocycles. The average molecular weight is 260 g/mol. The van der Waals surface area contributed by atoms with Crippen molar-refractivity contribution in [2.24, 2.45) is 5.73 Å². The smallest absolute Gasteiger partial charge is 0.123 e. The molecule has 0 fully saturated rings. The van der Waals surface area contributed by atoms with Crippen molar-refractivity contribution in [3.05, 3.63) is 54.0 Å². The fourth-order valence-corrected chi connectivity index (χ4v) is 1.95. The molecule has 0 amide bonds. The van der Waals surface area contributed by atoms with E-state index in [-0.39, 0.29) is 0 Å². The second kappa shape index (κ2) is 5.69. The molecule has 0 unspecified atom stereocenters. The van der Waals surface area contributed by atoms with Crippen molar-refractivity contribution in [2.75, 3.05) is 11.4 Å². The number of hydrogen-bond acceptors (Lipinski definition) is 3. The van der Waals surface area contributed by atoms with Gasteiger partial charge in [-0.3, -0.25) is 0 Å². The van der Waals surface area contributed by atoms with E-state index in [0.717, 1.165) is 30.1 Å². The first-order chi connectivity index (χ1) is 8.70. The van der Waals surface area contributed by atoms with Crippen LogP contribution in [0.15, 0.2) is 47.1 Å². The van der Waals surface area contributed by atoms with Crippen molar-refractivity contribution >= 4 is 22.9 Å². The largest absolute Gasteiger partial charge is 0.467 e. The SMILES string of the molecule is CCN(Cc1ccco1)c1ccc(C(N)=S)cc1. The Hall–Kier alpha value is -1.81. The third kappa shape index (κ3) is 2.90. The number of nitrogens with two attached hydrogens (primary N) is 1. The summed E-state index contributed by atoms with van der Waals surface area (Å²) in [6.07, 6.45) is 1.69. The van der Waals surface area contributed by atoms with Crippen LogP contribution < -0.4 is 10.6 Å². The minimum atomic E-state index is 0.427. The zero-order chi connectivity index (χ0) is 13.0. The van der Waals surface area contributed by atoms with Crippen LogP contribution in [0.2, 0.25) is 0 Å². The maximum Gasteiger partial charge on any atom is 0.123 e. The van der Waals surface area contributed by atoms with Crippen LogP contribution in [-0.2, 0) is 6.54 Å². The van der Waals surface area contributed by atoms with Crippen molar-refractivity contribution in [1.82, 2.24) is 0 Å². The van der Waals surface area contributed by atoms with Crippen molar-refractivity contribution in [2.45, 2.75) is 13.5 Å². The zero-order valence-electron chi connectivity index (χ0n) is 10.3. The van der Waals surface area contributed by atoms with Crippen LogP contribution in [0, 0.1) is 0 Å². The third-order valence-electron chi connectivity index (χ3n) is 2.83. The van der Waals surface area contributed by atoms with Gasteiger partial charge in [-0.15, -0.1) is 0 Å². The van der Waals surface area contributed by atoms with E-state index in [0.29, 0.717) is 4.99 Å². The van der Waals surface area contributed by atoms with Crippen LogP contribution in [0.1, 0.15) is 18.2 Å². The summed E-state index contributed by atoms with van der Waals surface area (Å²) in [5, 5.41) is 0. The van der Waals surface area contributed by atoms with E-state index < -0.39 is 0 Å². The van der Waals surface area contributed by atoms with E-state index in [2.05, 4.69) is 11.8 Å². The van der Waals surface area contributed by atoms with Crippen molar-refractivity contribution in [1.29, 1.82) is 0 Å². The highest BCUT2D eigenvalue weighted by Gasteiger charge is 2.07. The summed E-state index contributed by atoms with van der Waals surface area (Å²) >= 11 is 4.94. The second-order valence-electron chi connectivity index (χ2n) is 4.00. The summed E-state index contributed by atoms with van der Waals surface area (Å²) in [5.74, 6) is 0.954. The first kappa shape index (κ1) is 12.6. The molecule has 0 radical (unpaired) electrons. The Kier molecular flexibility index (Phi) is 3.99.